The van der Waals surface area contributed by atoms with E-state index in [-0.39, 0.29) is 5.91 Å². The van der Waals surface area contributed by atoms with Gasteiger partial charge in [0.1, 0.15) is 11.9 Å². The molecule has 0 bridgehead atoms. The third-order valence-corrected chi connectivity index (χ3v) is 4.33. The molecule has 0 spiro atoms. The number of rotatable bonds is 5. The van der Waals surface area contributed by atoms with Gasteiger partial charge in [-0.25, -0.2) is 4.98 Å². The lowest BCUT2D eigenvalue weighted by Crippen LogP contribution is -2.36. The highest BCUT2D eigenvalue weighted by atomic mass is 16.5. The number of aromatic nitrogens is 1. The molecule has 0 saturated carbocycles. The van der Waals surface area contributed by atoms with E-state index in [4.69, 9.17) is 10.5 Å². The maximum Gasteiger partial charge on any atom is 0.241 e. The van der Waals surface area contributed by atoms with Gasteiger partial charge in [0.25, 0.3) is 0 Å². The minimum absolute atomic E-state index is 0.193. The predicted molar refractivity (Wildman–Crippen MR) is 97.2 cm³/mol. The van der Waals surface area contributed by atoms with Crippen molar-refractivity contribution in [2.45, 2.75) is 19.5 Å². The number of amides is 1. The van der Waals surface area contributed by atoms with Crippen LogP contribution in [0.5, 0.6) is 0 Å². The van der Waals surface area contributed by atoms with Gasteiger partial charge in [-0.05, 0) is 24.1 Å². The van der Waals surface area contributed by atoms with E-state index in [2.05, 4.69) is 15.2 Å². The summed E-state index contributed by atoms with van der Waals surface area (Å²) >= 11 is 0. The monoisotopic (exact) mass is 340 g/mol. The van der Waals surface area contributed by atoms with Crippen LogP contribution < -0.4 is 16.0 Å². The van der Waals surface area contributed by atoms with Crippen LogP contribution in [0.15, 0.2) is 42.6 Å². The lowest BCUT2D eigenvalue weighted by molar-refractivity contribution is -0.122. The highest BCUT2D eigenvalue weighted by Gasteiger charge is 2.16. The Bertz CT molecular complexity index is 694. The van der Waals surface area contributed by atoms with Crippen molar-refractivity contribution in [1.82, 2.24) is 10.3 Å². The Morgan fingerprint density at radius 2 is 1.96 bits per heavy atom. The van der Waals surface area contributed by atoms with Crippen LogP contribution in [-0.4, -0.2) is 37.2 Å². The van der Waals surface area contributed by atoms with Crippen molar-refractivity contribution < 1.29 is 9.53 Å². The average molecular weight is 340 g/mol. The fourth-order valence-corrected chi connectivity index (χ4v) is 2.73. The van der Waals surface area contributed by atoms with Gasteiger partial charge >= 0.3 is 0 Å². The lowest BCUT2D eigenvalue weighted by Gasteiger charge is -2.27. The number of nitrogens with one attached hydrogen (secondary N) is 1. The van der Waals surface area contributed by atoms with Crippen LogP contribution in [0.25, 0.3) is 0 Å². The number of hydrogen-bond acceptors (Lipinski definition) is 5. The molecule has 1 aromatic carbocycles. The summed E-state index contributed by atoms with van der Waals surface area (Å²) in [4.78, 5) is 18.9. The number of morpholine rings is 1. The Hall–Kier alpha value is -2.44. The molecule has 132 valence electrons. The van der Waals surface area contributed by atoms with E-state index >= 15 is 0 Å². The smallest absolute Gasteiger partial charge is 0.241 e. The van der Waals surface area contributed by atoms with E-state index in [0.717, 1.165) is 48.8 Å². The van der Waals surface area contributed by atoms with Crippen LogP contribution in [0, 0.1) is 6.92 Å². The summed E-state index contributed by atoms with van der Waals surface area (Å²) in [7, 11) is 0. The number of hydrogen-bond donors (Lipinski definition) is 2. The molecule has 2 heterocycles. The summed E-state index contributed by atoms with van der Waals surface area (Å²) in [6.07, 6.45) is 1.79. The van der Waals surface area contributed by atoms with E-state index in [0.29, 0.717) is 6.54 Å². The van der Waals surface area contributed by atoms with Crippen LogP contribution >= 0.6 is 0 Å². The third kappa shape index (κ3) is 4.55. The van der Waals surface area contributed by atoms with Gasteiger partial charge in [-0.15, -0.1) is 0 Å². The molecule has 6 nitrogen and oxygen atoms in total. The van der Waals surface area contributed by atoms with Crippen LogP contribution in [0.1, 0.15) is 22.7 Å². The minimum Gasteiger partial charge on any atom is -0.378 e. The second kappa shape index (κ2) is 8.09. The molecule has 1 aliphatic heterocycles. The SMILES string of the molecule is Cc1ccc(C(N)C(=O)NCc2ccc(N3CCOCC3)nc2)cc1. The maximum absolute atomic E-state index is 12.2. The summed E-state index contributed by atoms with van der Waals surface area (Å²) in [6.45, 7) is 5.59. The second-order valence-electron chi connectivity index (χ2n) is 6.23. The van der Waals surface area contributed by atoms with Gasteiger partial charge in [-0.1, -0.05) is 35.9 Å². The summed E-state index contributed by atoms with van der Waals surface area (Å²) in [5.41, 5.74) is 8.92. The van der Waals surface area contributed by atoms with Crippen molar-refractivity contribution in [2.75, 3.05) is 31.2 Å². The number of anilines is 1. The van der Waals surface area contributed by atoms with Crippen LogP contribution in [0.4, 0.5) is 5.82 Å². The molecule has 1 aromatic heterocycles. The van der Waals surface area contributed by atoms with Crippen molar-refractivity contribution in [2.24, 2.45) is 5.73 Å². The highest BCUT2D eigenvalue weighted by Crippen LogP contribution is 2.14. The zero-order valence-electron chi connectivity index (χ0n) is 14.4. The van der Waals surface area contributed by atoms with Crippen LogP contribution in [0.2, 0.25) is 0 Å². The zero-order valence-corrected chi connectivity index (χ0v) is 14.4. The number of aryl methyl sites for hydroxylation is 1. The van der Waals surface area contributed by atoms with Gasteiger partial charge in [0.15, 0.2) is 0 Å². The van der Waals surface area contributed by atoms with Crippen LogP contribution in [-0.2, 0) is 16.1 Å². The van der Waals surface area contributed by atoms with E-state index < -0.39 is 6.04 Å². The number of carbonyl (C=O) groups is 1. The summed E-state index contributed by atoms with van der Waals surface area (Å²) in [6, 6.07) is 11.0. The van der Waals surface area contributed by atoms with Gasteiger partial charge < -0.3 is 20.7 Å². The van der Waals surface area contributed by atoms with Gasteiger partial charge in [-0.3, -0.25) is 4.79 Å². The van der Waals surface area contributed by atoms with Crippen LogP contribution in [0.3, 0.4) is 0 Å². The number of ether oxygens (including phenoxy) is 1. The molecular weight excluding hydrogens is 316 g/mol. The molecule has 1 saturated heterocycles. The number of pyridine rings is 1. The largest absolute Gasteiger partial charge is 0.378 e. The summed E-state index contributed by atoms with van der Waals surface area (Å²) in [5, 5.41) is 2.87. The lowest BCUT2D eigenvalue weighted by atomic mass is 10.1. The van der Waals surface area contributed by atoms with Crippen molar-refractivity contribution in [3.63, 3.8) is 0 Å². The van der Waals surface area contributed by atoms with E-state index in [1.165, 1.54) is 0 Å². The number of carbonyl (C=O) groups excluding carboxylic acids is 1. The molecule has 1 unspecified atom stereocenters. The molecule has 2 aromatic rings. The Morgan fingerprint density at radius 1 is 1.24 bits per heavy atom. The first kappa shape index (κ1) is 17.4. The fourth-order valence-electron chi connectivity index (χ4n) is 2.73. The number of benzene rings is 1. The van der Waals surface area contributed by atoms with Crippen molar-refractivity contribution >= 4 is 11.7 Å². The van der Waals surface area contributed by atoms with Gasteiger partial charge in [0.05, 0.1) is 13.2 Å². The Kier molecular flexibility index (Phi) is 5.63. The first-order valence-electron chi connectivity index (χ1n) is 8.51. The van der Waals surface area contributed by atoms with Gasteiger partial charge in [0.2, 0.25) is 5.91 Å². The topological polar surface area (TPSA) is 80.5 Å². The Morgan fingerprint density at radius 3 is 2.60 bits per heavy atom. The molecule has 1 fully saturated rings. The maximum atomic E-state index is 12.2. The Balaban J connectivity index is 1.53. The van der Waals surface area contributed by atoms with E-state index in [1.807, 2.05) is 43.3 Å². The third-order valence-electron chi connectivity index (χ3n) is 4.33. The molecular formula is C19H24N4O2. The molecule has 25 heavy (non-hydrogen) atoms. The van der Waals surface area contributed by atoms with E-state index in [9.17, 15) is 4.79 Å². The molecule has 3 N–H and O–H groups in total. The standard InChI is InChI=1S/C19H24N4O2/c1-14-2-5-16(6-3-14)18(20)19(24)22-13-15-4-7-17(21-12-15)23-8-10-25-11-9-23/h2-7,12,18H,8-11,13,20H2,1H3,(H,22,24). The summed E-state index contributed by atoms with van der Waals surface area (Å²) in [5.74, 6) is 0.746. The number of nitrogens with zero attached hydrogens (tertiary/aromatic N) is 2. The summed E-state index contributed by atoms with van der Waals surface area (Å²) < 4.78 is 5.35. The first-order chi connectivity index (χ1) is 12.1. The van der Waals surface area contributed by atoms with Gasteiger partial charge in [0, 0.05) is 25.8 Å². The first-order valence-corrected chi connectivity index (χ1v) is 8.51. The molecule has 3 rings (SSSR count). The minimum atomic E-state index is -0.666. The van der Waals surface area contributed by atoms with Crippen molar-refractivity contribution in [1.29, 1.82) is 0 Å². The molecule has 1 amide bonds. The normalized spacial score (nSPS) is 15.7. The molecule has 6 heteroatoms. The molecule has 0 radical (unpaired) electrons. The highest BCUT2D eigenvalue weighted by molar-refractivity contribution is 5.82. The predicted octanol–water partition coefficient (Wildman–Crippen LogP) is 1.54. The Labute approximate surface area is 148 Å². The fraction of sp³-hybridized carbons (Fsp3) is 0.368. The van der Waals surface area contributed by atoms with Crippen molar-refractivity contribution in [3.05, 3.63) is 59.3 Å². The molecule has 1 aliphatic rings. The second-order valence-corrected chi connectivity index (χ2v) is 6.23. The quantitative estimate of drug-likeness (QED) is 0.863. The molecule has 0 aliphatic carbocycles. The van der Waals surface area contributed by atoms with E-state index in [1.54, 1.807) is 6.20 Å². The van der Waals surface area contributed by atoms with Gasteiger partial charge in [-0.2, -0.15) is 0 Å². The zero-order chi connectivity index (χ0) is 17.6. The number of nitrogens with two attached hydrogens (primary N) is 1. The van der Waals surface area contributed by atoms with Crippen molar-refractivity contribution in [3.8, 4) is 0 Å². The average Bonchev–Trinajstić information content (AvgIpc) is 2.67. The molecule has 1 atom stereocenters.